The summed E-state index contributed by atoms with van der Waals surface area (Å²) in [4.78, 5) is 15.3. The Labute approximate surface area is 66.1 Å². The molecule has 0 radical (unpaired) electrons. The van der Waals surface area contributed by atoms with E-state index in [1.54, 1.807) is 0 Å². The van der Waals surface area contributed by atoms with Crippen LogP contribution in [0.15, 0.2) is 12.1 Å². The fourth-order valence-electron chi connectivity index (χ4n) is 1.40. The zero-order valence-electron chi connectivity index (χ0n) is 6.42. The van der Waals surface area contributed by atoms with Crippen molar-refractivity contribution < 1.29 is 4.79 Å². The summed E-state index contributed by atoms with van der Waals surface area (Å²) >= 11 is 0. The molecule has 2 rings (SSSR count). The average Bonchev–Trinajstić information content (AvgIpc) is 2.33. The first kappa shape index (κ1) is 6.59. The fourth-order valence-corrected chi connectivity index (χ4v) is 1.40. The number of hydrogen-bond acceptors (Lipinski definition) is 2. The normalized spacial score (nSPS) is 15.1. The maximum atomic E-state index is 11.2. The Kier molecular flexibility index (Phi) is 1.31. The third-order valence-corrected chi connectivity index (χ3v) is 2.00. The van der Waals surface area contributed by atoms with Crippen molar-refractivity contribution in [1.29, 1.82) is 0 Å². The van der Waals surface area contributed by atoms with Gasteiger partial charge >= 0.3 is 0 Å². The van der Waals surface area contributed by atoms with E-state index in [0.717, 1.165) is 17.6 Å². The van der Waals surface area contributed by atoms with E-state index in [2.05, 4.69) is 4.98 Å². The Hall–Kier alpha value is -1.12. The van der Waals surface area contributed by atoms with E-state index < -0.39 is 0 Å². The van der Waals surface area contributed by atoms with Crippen LogP contribution in [-0.4, -0.2) is 18.6 Å². The lowest BCUT2D eigenvalue weighted by molar-refractivity contribution is 0.0990. The van der Waals surface area contributed by atoms with Crippen LogP contribution in [0.3, 0.4) is 0 Å². The molecule has 0 amide bonds. The van der Waals surface area contributed by atoms with Gasteiger partial charge in [0, 0.05) is 6.42 Å². The summed E-state index contributed by atoms with van der Waals surface area (Å²) in [5, 5.41) is 0. The van der Waals surface area contributed by atoms with Gasteiger partial charge < -0.3 is 0 Å². The quantitative estimate of drug-likeness (QED) is 0.459. The highest BCUT2D eigenvalue weighted by molar-refractivity contribution is 6.30. The third-order valence-electron chi connectivity index (χ3n) is 2.00. The van der Waals surface area contributed by atoms with Gasteiger partial charge in [0.05, 0.1) is 0 Å². The van der Waals surface area contributed by atoms with Gasteiger partial charge in [0.1, 0.15) is 5.69 Å². The molecule has 0 aromatic carbocycles. The Morgan fingerprint density at radius 2 is 2.18 bits per heavy atom. The van der Waals surface area contributed by atoms with Gasteiger partial charge in [-0.25, -0.2) is 0 Å². The minimum atomic E-state index is 0.198. The maximum Gasteiger partial charge on any atom is 0.181 e. The number of Topliss-reactive ketones (excluding diaryl/α,β-unsaturated/α-hetero) is 1. The van der Waals surface area contributed by atoms with E-state index in [-0.39, 0.29) is 5.78 Å². The predicted octanol–water partition coefficient (Wildman–Crippen LogP) is -0.531. The smallest absolute Gasteiger partial charge is 0.181 e. The molecule has 2 nitrogen and oxygen atoms in total. The Morgan fingerprint density at radius 1 is 1.36 bits per heavy atom. The second-order valence-electron chi connectivity index (χ2n) is 2.88. The fraction of sp³-hybridized carbons (Fsp3) is 0.250. The first-order chi connectivity index (χ1) is 5.27. The summed E-state index contributed by atoms with van der Waals surface area (Å²) in [5.41, 5.74) is 2.74. The molecular weight excluding hydrogens is 137 g/mol. The highest BCUT2D eigenvalue weighted by atomic mass is 16.1. The lowest BCUT2D eigenvalue weighted by Crippen LogP contribution is -2.11. The summed E-state index contributed by atoms with van der Waals surface area (Å²) in [6.45, 7) is 0. The number of ketones is 1. The standard InChI is InChI=1S/C8H8BNO/c9-7-4-2-5-1-3-6(11)8(5)10-7/h2,4H,1,3,9H2. The zero-order chi connectivity index (χ0) is 7.84. The molecule has 1 heterocycles. The molecule has 1 aromatic heterocycles. The van der Waals surface area contributed by atoms with Gasteiger partial charge in [-0.15, -0.1) is 0 Å². The lowest BCUT2D eigenvalue weighted by Gasteiger charge is -1.96. The average molecular weight is 145 g/mol. The van der Waals surface area contributed by atoms with Crippen molar-refractivity contribution in [3.63, 3.8) is 0 Å². The Morgan fingerprint density at radius 3 is 3.00 bits per heavy atom. The van der Waals surface area contributed by atoms with Gasteiger partial charge in [-0.05, 0) is 17.6 Å². The molecule has 0 bridgehead atoms. The molecule has 1 aliphatic carbocycles. The van der Waals surface area contributed by atoms with Gasteiger partial charge in [-0.2, -0.15) is 0 Å². The van der Waals surface area contributed by atoms with Crippen LogP contribution in [0.2, 0.25) is 0 Å². The summed E-state index contributed by atoms with van der Waals surface area (Å²) in [7, 11) is 1.91. The number of nitrogens with zero attached hydrogens (tertiary/aromatic N) is 1. The van der Waals surface area contributed by atoms with Crippen molar-refractivity contribution in [2.24, 2.45) is 0 Å². The molecular formula is C8H8BNO. The van der Waals surface area contributed by atoms with Crippen molar-refractivity contribution in [3.8, 4) is 0 Å². The summed E-state index contributed by atoms with van der Waals surface area (Å²) < 4.78 is 0. The van der Waals surface area contributed by atoms with Crippen LogP contribution in [0.25, 0.3) is 0 Å². The Balaban J connectivity index is 2.60. The van der Waals surface area contributed by atoms with Crippen molar-refractivity contribution in [1.82, 2.24) is 4.98 Å². The minimum absolute atomic E-state index is 0.198. The number of hydrogen-bond donors (Lipinski definition) is 0. The molecule has 0 unspecified atom stereocenters. The van der Waals surface area contributed by atoms with Crippen LogP contribution in [0.4, 0.5) is 0 Å². The van der Waals surface area contributed by atoms with Gasteiger partial charge in [0.15, 0.2) is 13.6 Å². The van der Waals surface area contributed by atoms with Crippen LogP contribution < -0.4 is 5.59 Å². The Bertz CT molecular complexity index is 322. The van der Waals surface area contributed by atoms with E-state index in [9.17, 15) is 4.79 Å². The van der Waals surface area contributed by atoms with E-state index in [0.29, 0.717) is 12.1 Å². The van der Waals surface area contributed by atoms with Crippen LogP contribution in [0.5, 0.6) is 0 Å². The number of fused-ring (bicyclic) bond motifs is 1. The first-order valence-corrected chi connectivity index (χ1v) is 3.77. The number of pyridine rings is 1. The summed E-state index contributed by atoms with van der Waals surface area (Å²) in [6, 6.07) is 3.96. The molecule has 0 atom stereocenters. The molecule has 0 N–H and O–H groups in total. The number of aromatic nitrogens is 1. The molecule has 0 fully saturated rings. The van der Waals surface area contributed by atoms with Crippen LogP contribution in [0.1, 0.15) is 22.5 Å². The van der Waals surface area contributed by atoms with Gasteiger partial charge in [0.2, 0.25) is 0 Å². The SMILES string of the molecule is Bc1ccc2c(n1)C(=O)CC2. The van der Waals surface area contributed by atoms with Gasteiger partial charge in [-0.3, -0.25) is 9.78 Å². The molecule has 11 heavy (non-hydrogen) atoms. The van der Waals surface area contributed by atoms with Crippen molar-refractivity contribution >= 4 is 19.2 Å². The molecule has 0 aliphatic heterocycles. The number of carbonyl (C=O) groups excluding carboxylic acids is 1. The molecule has 1 aliphatic rings. The van der Waals surface area contributed by atoms with Gasteiger partial charge in [0.25, 0.3) is 0 Å². The number of aryl methyl sites for hydroxylation is 1. The van der Waals surface area contributed by atoms with E-state index in [1.165, 1.54) is 0 Å². The lowest BCUT2D eigenvalue weighted by atomic mass is 10.0. The molecule has 3 heteroatoms. The minimum Gasteiger partial charge on any atom is -0.292 e. The number of rotatable bonds is 0. The van der Waals surface area contributed by atoms with Gasteiger partial charge in [-0.1, -0.05) is 12.1 Å². The van der Waals surface area contributed by atoms with Crippen molar-refractivity contribution in [2.45, 2.75) is 12.8 Å². The maximum absolute atomic E-state index is 11.2. The topological polar surface area (TPSA) is 30.0 Å². The second-order valence-corrected chi connectivity index (χ2v) is 2.88. The highest BCUT2D eigenvalue weighted by Gasteiger charge is 2.19. The van der Waals surface area contributed by atoms with E-state index in [1.807, 2.05) is 20.0 Å². The van der Waals surface area contributed by atoms with Crippen LogP contribution in [0, 0.1) is 0 Å². The summed E-state index contributed by atoms with van der Waals surface area (Å²) in [6.07, 6.45) is 1.52. The second kappa shape index (κ2) is 2.19. The molecule has 0 spiro atoms. The van der Waals surface area contributed by atoms with E-state index >= 15 is 0 Å². The van der Waals surface area contributed by atoms with Crippen LogP contribution >= 0.6 is 0 Å². The third kappa shape index (κ3) is 0.966. The van der Waals surface area contributed by atoms with Crippen molar-refractivity contribution in [3.05, 3.63) is 23.4 Å². The molecule has 0 saturated carbocycles. The zero-order valence-corrected chi connectivity index (χ0v) is 6.42. The van der Waals surface area contributed by atoms with Crippen LogP contribution in [-0.2, 0) is 6.42 Å². The molecule has 0 saturated heterocycles. The molecule has 1 aromatic rings. The summed E-state index contributed by atoms with van der Waals surface area (Å²) in [5.74, 6) is 0.198. The predicted molar refractivity (Wildman–Crippen MR) is 45.1 cm³/mol. The first-order valence-electron chi connectivity index (χ1n) is 3.77. The van der Waals surface area contributed by atoms with E-state index in [4.69, 9.17) is 0 Å². The largest absolute Gasteiger partial charge is 0.292 e. The van der Waals surface area contributed by atoms with Crippen molar-refractivity contribution in [2.75, 3.05) is 0 Å². The number of carbonyl (C=O) groups is 1. The monoisotopic (exact) mass is 145 g/mol. The highest BCUT2D eigenvalue weighted by Crippen LogP contribution is 2.17. The molecule has 54 valence electrons.